The zero-order valence-corrected chi connectivity index (χ0v) is 11.7. The van der Waals surface area contributed by atoms with Gasteiger partial charge in [-0.1, -0.05) is 12.8 Å². The number of unbranched alkanes of at least 4 members (excludes halogenated alkanes) is 3. The molecular formula is C15H21NO4. The maximum atomic E-state index is 11.9. The summed E-state index contributed by atoms with van der Waals surface area (Å²) in [6, 6.07) is 7.10. The molecule has 0 unspecified atom stereocenters. The van der Waals surface area contributed by atoms with Crippen LogP contribution in [0, 0.1) is 0 Å². The van der Waals surface area contributed by atoms with Gasteiger partial charge in [-0.2, -0.15) is 0 Å². The van der Waals surface area contributed by atoms with Gasteiger partial charge in [0.15, 0.2) is 5.78 Å². The Morgan fingerprint density at radius 2 is 1.65 bits per heavy atom. The Balaban J connectivity index is 2.18. The molecule has 0 radical (unpaired) electrons. The minimum absolute atomic E-state index is 0.126. The smallest absolute Gasteiger partial charge is 0.243 e. The van der Waals surface area contributed by atoms with Crippen LogP contribution in [-0.4, -0.2) is 24.0 Å². The summed E-state index contributed by atoms with van der Waals surface area (Å²) >= 11 is 0. The molecule has 1 aromatic rings. The fourth-order valence-corrected chi connectivity index (χ4v) is 1.90. The number of carbonyl (C=O) groups excluding carboxylic acids is 2. The number of nitrogens with one attached hydrogen (secondary N) is 1. The Hall–Kier alpha value is -1.88. The summed E-state index contributed by atoms with van der Waals surface area (Å²) < 4.78 is 5.04. The Kier molecular flexibility index (Phi) is 7.35. The third kappa shape index (κ3) is 5.84. The van der Waals surface area contributed by atoms with Crippen molar-refractivity contribution in [2.24, 2.45) is 0 Å². The van der Waals surface area contributed by atoms with E-state index in [1.54, 1.807) is 36.9 Å². The van der Waals surface area contributed by atoms with Gasteiger partial charge >= 0.3 is 0 Å². The van der Waals surface area contributed by atoms with E-state index < -0.39 is 0 Å². The van der Waals surface area contributed by atoms with Crippen molar-refractivity contribution in [3.8, 4) is 5.75 Å². The number of rotatable bonds is 9. The van der Waals surface area contributed by atoms with Gasteiger partial charge in [0.1, 0.15) is 5.75 Å². The lowest BCUT2D eigenvalue weighted by atomic mass is 10.0. The highest BCUT2D eigenvalue weighted by Crippen LogP contribution is 2.14. The minimum atomic E-state index is -0.362. The van der Waals surface area contributed by atoms with Gasteiger partial charge in [0, 0.05) is 18.4 Å². The zero-order valence-electron chi connectivity index (χ0n) is 11.7. The van der Waals surface area contributed by atoms with Gasteiger partial charge in [-0.15, -0.1) is 0 Å². The number of Topliss-reactive ketones (excluding diaryl/α,β-unsaturated/α-hetero) is 1. The maximum absolute atomic E-state index is 11.9. The second-order valence-corrected chi connectivity index (χ2v) is 4.60. The highest BCUT2D eigenvalue weighted by molar-refractivity contribution is 5.96. The van der Waals surface area contributed by atoms with Crippen LogP contribution in [-0.2, 0) is 4.79 Å². The van der Waals surface area contributed by atoms with Gasteiger partial charge in [0.2, 0.25) is 5.91 Å². The molecule has 0 saturated carbocycles. The molecule has 0 fully saturated rings. The van der Waals surface area contributed by atoms with Gasteiger partial charge in [0.25, 0.3) is 0 Å². The first-order chi connectivity index (χ1) is 9.67. The number of methoxy groups -OCH3 is 1. The number of ketones is 1. The van der Waals surface area contributed by atoms with Gasteiger partial charge in [0.05, 0.1) is 7.11 Å². The van der Waals surface area contributed by atoms with Gasteiger partial charge in [-0.25, -0.2) is 5.48 Å². The second kappa shape index (κ2) is 9.09. The lowest BCUT2D eigenvalue weighted by Crippen LogP contribution is -2.17. The highest BCUT2D eigenvalue weighted by Gasteiger charge is 2.06. The largest absolute Gasteiger partial charge is 0.497 e. The van der Waals surface area contributed by atoms with Crippen LogP contribution in [0.25, 0.3) is 0 Å². The molecule has 20 heavy (non-hydrogen) atoms. The monoisotopic (exact) mass is 278 g/mol. The van der Waals surface area contributed by atoms with Crippen molar-refractivity contribution in [3.05, 3.63) is 29.8 Å². The Morgan fingerprint density at radius 1 is 1.05 bits per heavy atom. The van der Waals surface area contributed by atoms with E-state index in [4.69, 9.17) is 9.94 Å². The lowest BCUT2D eigenvalue weighted by Gasteiger charge is -2.03. The van der Waals surface area contributed by atoms with Crippen LogP contribution in [0.5, 0.6) is 5.75 Å². The molecule has 0 heterocycles. The van der Waals surface area contributed by atoms with Crippen molar-refractivity contribution in [3.63, 3.8) is 0 Å². The first kappa shape index (κ1) is 16.2. The minimum Gasteiger partial charge on any atom is -0.497 e. The molecule has 0 spiro atoms. The quantitative estimate of drug-likeness (QED) is 0.315. The van der Waals surface area contributed by atoms with Gasteiger partial charge in [-0.05, 0) is 37.1 Å². The predicted octanol–water partition coefficient (Wildman–Crippen LogP) is 2.72. The van der Waals surface area contributed by atoms with Crippen molar-refractivity contribution in [2.45, 2.75) is 38.5 Å². The van der Waals surface area contributed by atoms with Crippen LogP contribution >= 0.6 is 0 Å². The molecule has 0 aliphatic heterocycles. The predicted molar refractivity (Wildman–Crippen MR) is 75.0 cm³/mol. The summed E-state index contributed by atoms with van der Waals surface area (Å²) in [7, 11) is 1.59. The molecule has 2 N–H and O–H groups in total. The van der Waals surface area contributed by atoms with E-state index in [1.807, 2.05) is 0 Å². The van der Waals surface area contributed by atoms with Gasteiger partial charge < -0.3 is 4.74 Å². The average Bonchev–Trinajstić information content (AvgIpc) is 2.50. The molecule has 0 saturated heterocycles. The molecule has 1 amide bonds. The standard InChI is InChI=1S/C15H21NO4/c1-20-13-10-8-12(9-11-13)14(17)6-4-2-3-5-7-15(18)16-19/h8-11,19H,2-7H2,1H3,(H,16,18)/i1-1. The molecular weight excluding hydrogens is 257 g/mol. The Morgan fingerprint density at radius 3 is 2.20 bits per heavy atom. The molecule has 110 valence electrons. The summed E-state index contributed by atoms with van der Waals surface area (Å²) in [6.07, 6.45) is 4.15. The number of hydrogen-bond acceptors (Lipinski definition) is 4. The highest BCUT2D eigenvalue weighted by atomic mass is 16.5. The number of benzene rings is 1. The third-order valence-electron chi connectivity index (χ3n) is 3.09. The number of hydrogen-bond donors (Lipinski definition) is 2. The Bertz CT molecular complexity index is 428. The van der Waals surface area contributed by atoms with Gasteiger partial charge in [-0.3, -0.25) is 14.8 Å². The summed E-state index contributed by atoms with van der Waals surface area (Å²) in [5, 5.41) is 8.32. The SMILES string of the molecule is [11CH3]Oc1ccc(C(=O)CCCCCCC(=O)NO)cc1. The molecule has 0 aliphatic rings. The molecule has 5 heteroatoms. The fourth-order valence-electron chi connectivity index (χ4n) is 1.90. The topological polar surface area (TPSA) is 75.6 Å². The van der Waals surface area contributed by atoms with Crippen molar-refractivity contribution >= 4 is 11.7 Å². The summed E-state index contributed by atoms with van der Waals surface area (Å²) in [5.41, 5.74) is 2.30. The average molecular weight is 278 g/mol. The number of hydroxylamine groups is 1. The first-order valence-corrected chi connectivity index (χ1v) is 6.77. The van der Waals surface area contributed by atoms with Crippen molar-refractivity contribution in [1.82, 2.24) is 5.48 Å². The zero-order chi connectivity index (χ0) is 14.8. The van der Waals surface area contributed by atoms with Crippen LogP contribution in [0.1, 0.15) is 48.9 Å². The van der Waals surface area contributed by atoms with E-state index in [0.29, 0.717) is 18.4 Å². The van der Waals surface area contributed by atoms with E-state index >= 15 is 0 Å². The number of amides is 1. The summed E-state index contributed by atoms with van der Waals surface area (Å²) in [6.45, 7) is 0. The number of carbonyl (C=O) groups is 2. The third-order valence-corrected chi connectivity index (χ3v) is 3.09. The van der Waals surface area contributed by atoms with Crippen LogP contribution in [0.2, 0.25) is 0 Å². The van der Waals surface area contributed by atoms with Crippen molar-refractivity contribution < 1.29 is 19.5 Å². The van der Waals surface area contributed by atoms with E-state index in [1.165, 1.54) is 0 Å². The van der Waals surface area contributed by atoms with E-state index in [9.17, 15) is 9.59 Å². The van der Waals surface area contributed by atoms with Crippen LogP contribution < -0.4 is 10.2 Å². The number of ether oxygens (including phenoxy) is 1. The van der Waals surface area contributed by atoms with E-state index in [0.717, 1.165) is 31.4 Å². The summed E-state index contributed by atoms with van der Waals surface area (Å²) in [4.78, 5) is 22.7. The molecule has 0 aromatic heterocycles. The maximum Gasteiger partial charge on any atom is 0.243 e. The Labute approximate surface area is 118 Å². The molecule has 1 rings (SSSR count). The lowest BCUT2D eigenvalue weighted by molar-refractivity contribution is -0.129. The van der Waals surface area contributed by atoms with Crippen molar-refractivity contribution in [2.75, 3.05) is 7.11 Å². The first-order valence-electron chi connectivity index (χ1n) is 6.77. The van der Waals surface area contributed by atoms with E-state index in [2.05, 4.69) is 0 Å². The van der Waals surface area contributed by atoms with Crippen LogP contribution in [0.3, 0.4) is 0 Å². The summed E-state index contributed by atoms with van der Waals surface area (Å²) in [5.74, 6) is 0.503. The normalized spacial score (nSPS) is 10.1. The molecule has 0 aliphatic carbocycles. The molecule has 5 nitrogen and oxygen atoms in total. The molecule has 1 aromatic carbocycles. The molecule has 0 bridgehead atoms. The van der Waals surface area contributed by atoms with Crippen molar-refractivity contribution in [1.29, 1.82) is 0 Å². The van der Waals surface area contributed by atoms with Crippen LogP contribution in [0.15, 0.2) is 24.3 Å². The second-order valence-electron chi connectivity index (χ2n) is 4.60. The fraction of sp³-hybridized carbons (Fsp3) is 0.467. The van der Waals surface area contributed by atoms with E-state index in [-0.39, 0.29) is 11.7 Å². The molecule has 0 atom stereocenters. The van der Waals surface area contributed by atoms with Crippen LogP contribution in [0.4, 0.5) is 0 Å².